The van der Waals surface area contributed by atoms with Crippen molar-refractivity contribution < 1.29 is 13.6 Å². The van der Waals surface area contributed by atoms with Crippen LogP contribution >= 0.6 is 10.7 Å². The van der Waals surface area contributed by atoms with Crippen molar-refractivity contribution in [1.29, 1.82) is 0 Å². The minimum absolute atomic E-state index is 0.162. The van der Waals surface area contributed by atoms with E-state index in [0.717, 1.165) is 4.73 Å². The normalized spacial score (nSPS) is 11.1. The number of pyridine rings is 1. The summed E-state index contributed by atoms with van der Waals surface area (Å²) < 4.78 is 24.7. The van der Waals surface area contributed by atoms with E-state index in [1.165, 1.54) is 24.5 Å². The van der Waals surface area contributed by atoms with Crippen LogP contribution in [0, 0.1) is 0 Å². The fourth-order valence-electron chi connectivity index (χ4n) is 0.597. The van der Waals surface area contributed by atoms with Crippen LogP contribution in [0.25, 0.3) is 0 Å². The first-order chi connectivity index (χ1) is 5.47. The molecule has 7 heteroatoms. The standard InChI is InChI=1S/C5H5ClN2O3S/c6-12(10,11)7-5-1-3-8(9)4-2-5/h1-4,9H. The highest BCUT2D eigenvalue weighted by Gasteiger charge is 1.97. The molecule has 1 aromatic rings. The number of aromatic nitrogens is 1. The molecule has 0 fully saturated rings. The average Bonchev–Trinajstić information content (AvgIpc) is 1.91. The predicted molar refractivity (Wildman–Crippen MR) is 42.0 cm³/mol. The van der Waals surface area contributed by atoms with Crippen LogP contribution < -0.4 is 5.36 Å². The third kappa shape index (κ3) is 2.93. The van der Waals surface area contributed by atoms with Crippen molar-refractivity contribution in [2.24, 2.45) is 4.40 Å². The summed E-state index contributed by atoms with van der Waals surface area (Å²) in [5.41, 5.74) is 0. The van der Waals surface area contributed by atoms with Gasteiger partial charge in [0.15, 0.2) is 0 Å². The van der Waals surface area contributed by atoms with E-state index in [-0.39, 0.29) is 5.36 Å². The van der Waals surface area contributed by atoms with Crippen molar-refractivity contribution in [2.75, 3.05) is 0 Å². The van der Waals surface area contributed by atoms with Crippen molar-refractivity contribution in [3.63, 3.8) is 0 Å². The third-order valence-corrected chi connectivity index (χ3v) is 1.65. The predicted octanol–water partition coefficient (Wildman–Crippen LogP) is 0.110. The van der Waals surface area contributed by atoms with E-state index >= 15 is 0 Å². The van der Waals surface area contributed by atoms with Gasteiger partial charge in [0.25, 0.3) is 0 Å². The van der Waals surface area contributed by atoms with E-state index in [1.54, 1.807) is 0 Å². The van der Waals surface area contributed by atoms with Gasteiger partial charge in [-0.25, -0.2) is 4.73 Å². The van der Waals surface area contributed by atoms with Gasteiger partial charge in [-0.15, -0.1) is 4.40 Å². The van der Waals surface area contributed by atoms with Crippen LogP contribution in [-0.2, 0) is 9.24 Å². The van der Waals surface area contributed by atoms with Crippen LogP contribution in [-0.4, -0.2) is 18.4 Å². The largest absolute Gasteiger partial charge is 0.429 e. The molecule has 0 radical (unpaired) electrons. The summed E-state index contributed by atoms with van der Waals surface area (Å²) in [5.74, 6) is 0. The van der Waals surface area contributed by atoms with Crippen molar-refractivity contribution in [3.05, 3.63) is 29.9 Å². The highest BCUT2D eigenvalue weighted by atomic mass is 35.7. The quantitative estimate of drug-likeness (QED) is 0.526. The Hall–Kier alpha value is -1.01. The Balaban J connectivity index is 3.23. The summed E-state index contributed by atoms with van der Waals surface area (Å²) >= 11 is 0. The second kappa shape index (κ2) is 3.16. The van der Waals surface area contributed by atoms with Crippen LogP contribution in [0.3, 0.4) is 0 Å². The summed E-state index contributed by atoms with van der Waals surface area (Å²) in [5, 5.41) is 8.91. The lowest BCUT2D eigenvalue weighted by molar-refractivity contribution is 0.184. The SMILES string of the molecule is O=S(=O)(Cl)N=c1ccn(O)cc1. The van der Waals surface area contributed by atoms with Crippen molar-refractivity contribution in [1.82, 2.24) is 4.73 Å². The minimum Gasteiger partial charge on any atom is -0.429 e. The van der Waals surface area contributed by atoms with E-state index in [2.05, 4.69) is 4.40 Å². The monoisotopic (exact) mass is 208 g/mol. The van der Waals surface area contributed by atoms with Gasteiger partial charge in [-0.2, -0.15) is 8.42 Å². The fraction of sp³-hybridized carbons (Fsp3) is 0. The summed E-state index contributed by atoms with van der Waals surface area (Å²) in [6.45, 7) is 0. The van der Waals surface area contributed by atoms with Gasteiger partial charge >= 0.3 is 9.24 Å². The molecule has 1 N–H and O–H groups in total. The molecule has 0 bridgehead atoms. The topological polar surface area (TPSA) is 71.7 Å². The Kier molecular flexibility index (Phi) is 2.39. The molecule has 0 aliphatic rings. The number of halogens is 1. The first kappa shape index (κ1) is 9.08. The van der Waals surface area contributed by atoms with Gasteiger partial charge in [0.05, 0.1) is 5.36 Å². The lowest BCUT2D eigenvalue weighted by Gasteiger charge is -1.91. The Labute approximate surface area is 73.1 Å². The number of rotatable bonds is 1. The van der Waals surface area contributed by atoms with Gasteiger partial charge in [-0.05, 0) is 12.1 Å². The highest BCUT2D eigenvalue weighted by Crippen LogP contribution is 1.94. The molecule has 0 amide bonds. The number of hydrogen-bond donors (Lipinski definition) is 1. The zero-order valence-corrected chi connectivity index (χ0v) is 7.33. The van der Waals surface area contributed by atoms with E-state index < -0.39 is 9.24 Å². The summed E-state index contributed by atoms with van der Waals surface area (Å²) in [6, 6.07) is 2.61. The lowest BCUT2D eigenvalue weighted by Crippen LogP contribution is -2.05. The number of nitrogens with zero attached hydrogens (tertiary/aromatic N) is 2. The molecular weight excluding hydrogens is 204 g/mol. The maximum Gasteiger partial charge on any atom is 0.340 e. The zero-order valence-electron chi connectivity index (χ0n) is 5.75. The Morgan fingerprint density at radius 2 is 1.92 bits per heavy atom. The molecule has 0 aromatic carbocycles. The molecule has 0 saturated carbocycles. The van der Waals surface area contributed by atoms with Crippen LogP contribution in [0.2, 0.25) is 0 Å². The minimum atomic E-state index is -3.88. The van der Waals surface area contributed by atoms with Gasteiger partial charge in [0.2, 0.25) is 0 Å². The molecule has 0 aliphatic heterocycles. The van der Waals surface area contributed by atoms with Crippen LogP contribution in [0.5, 0.6) is 0 Å². The van der Waals surface area contributed by atoms with E-state index in [4.69, 9.17) is 15.9 Å². The van der Waals surface area contributed by atoms with Crippen molar-refractivity contribution >= 4 is 19.9 Å². The molecule has 0 saturated heterocycles. The summed E-state index contributed by atoms with van der Waals surface area (Å²) in [7, 11) is 0.960. The maximum atomic E-state index is 10.4. The first-order valence-corrected chi connectivity index (χ1v) is 5.12. The fourth-order valence-corrected chi connectivity index (χ4v) is 1.21. The molecule has 0 unspecified atom stereocenters. The van der Waals surface area contributed by atoms with Gasteiger partial charge in [0.1, 0.15) is 0 Å². The first-order valence-electron chi connectivity index (χ1n) is 2.85. The molecule has 5 nitrogen and oxygen atoms in total. The van der Waals surface area contributed by atoms with Gasteiger partial charge in [-0.1, -0.05) is 0 Å². The molecule has 0 atom stereocenters. The van der Waals surface area contributed by atoms with Gasteiger partial charge < -0.3 is 5.21 Å². The third-order valence-electron chi connectivity index (χ3n) is 1.01. The van der Waals surface area contributed by atoms with E-state index in [0.29, 0.717) is 0 Å². The molecule has 66 valence electrons. The maximum absolute atomic E-state index is 10.4. The summed E-state index contributed by atoms with van der Waals surface area (Å²) in [4.78, 5) is 0. The van der Waals surface area contributed by atoms with Gasteiger partial charge in [-0.3, -0.25) is 0 Å². The molecule has 0 aliphatic carbocycles. The molecule has 1 heterocycles. The lowest BCUT2D eigenvalue weighted by atomic mass is 10.5. The molecule has 1 rings (SSSR count). The molecule has 1 aromatic heterocycles. The molecular formula is C5H5ClN2O3S. The van der Waals surface area contributed by atoms with Crippen molar-refractivity contribution in [2.45, 2.75) is 0 Å². The average molecular weight is 209 g/mol. The van der Waals surface area contributed by atoms with Gasteiger partial charge in [0, 0.05) is 23.1 Å². The second-order valence-corrected chi connectivity index (χ2v) is 4.12. The van der Waals surface area contributed by atoms with E-state index in [1.807, 2.05) is 0 Å². The van der Waals surface area contributed by atoms with Crippen LogP contribution in [0.4, 0.5) is 0 Å². The zero-order chi connectivity index (χ0) is 9.19. The number of hydrogen-bond acceptors (Lipinski definition) is 3. The van der Waals surface area contributed by atoms with Crippen molar-refractivity contribution in [3.8, 4) is 0 Å². The highest BCUT2D eigenvalue weighted by molar-refractivity contribution is 8.12. The van der Waals surface area contributed by atoms with E-state index in [9.17, 15) is 8.42 Å². The Morgan fingerprint density at radius 3 is 2.33 bits per heavy atom. The Morgan fingerprint density at radius 1 is 1.42 bits per heavy atom. The molecule has 0 spiro atoms. The molecule has 12 heavy (non-hydrogen) atoms. The Bertz CT molecular complexity index is 416. The van der Waals surface area contributed by atoms with Crippen LogP contribution in [0.15, 0.2) is 28.9 Å². The second-order valence-electron chi connectivity index (χ2n) is 1.94. The summed E-state index contributed by atoms with van der Waals surface area (Å²) in [6.07, 6.45) is 2.47. The smallest absolute Gasteiger partial charge is 0.340 e. The van der Waals surface area contributed by atoms with Crippen LogP contribution in [0.1, 0.15) is 0 Å².